The first-order valence-corrected chi connectivity index (χ1v) is 15.6. The van der Waals surface area contributed by atoms with Crippen molar-refractivity contribution in [2.24, 2.45) is 5.41 Å². The van der Waals surface area contributed by atoms with E-state index in [1.165, 1.54) is 48.5 Å². The SMILES string of the molecule is CS(=O)(=O)c1ccc(-c2cc(Cl)ccc2[C@@H](Oc2cc(N3CCC4(CC3)CN[C@H](C(=O)O)C4)nc(N)n2)C(F)(F)F)cc1. The Labute approximate surface area is 250 Å². The topological polar surface area (TPSA) is 148 Å². The molecule has 43 heavy (non-hydrogen) atoms. The van der Waals surface area contributed by atoms with Crippen LogP contribution in [0.2, 0.25) is 5.02 Å². The maximum Gasteiger partial charge on any atom is 0.429 e. The van der Waals surface area contributed by atoms with E-state index in [9.17, 15) is 31.5 Å². The number of nitrogens with two attached hydrogens (primary N) is 1. The molecule has 10 nitrogen and oxygen atoms in total. The first kappa shape index (κ1) is 30.8. The molecule has 5 rings (SSSR count). The average molecular weight is 640 g/mol. The summed E-state index contributed by atoms with van der Waals surface area (Å²) in [6.07, 6.45) is -4.49. The van der Waals surface area contributed by atoms with Crippen LogP contribution in [0.15, 0.2) is 53.4 Å². The molecular formula is C28H29ClF3N5O5S. The molecule has 2 atom stereocenters. The number of nitrogens with zero attached hydrogens (tertiary/aromatic N) is 3. The molecule has 230 valence electrons. The Morgan fingerprint density at radius 3 is 2.42 bits per heavy atom. The number of aromatic nitrogens is 2. The smallest absolute Gasteiger partial charge is 0.429 e. The van der Waals surface area contributed by atoms with Crippen LogP contribution in [0.5, 0.6) is 5.88 Å². The predicted molar refractivity (Wildman–Crippen MR) is 154 cm³/mol. The average Bonchev–Trinajstić information content (AvgIpc) is 3.35. The van der Waals surface area contributed by atoms with Crippen molar-refractivity contribution in [3.05, 3.63) is 59.1 Å². The van der Waals surface area contributed by atoms with Crippen LogP contribution in [-0.2, 0) is 14.6 Å². The highest BCUT2D eigenvalue weighted by Crippen LogP contribution is 2.43. The first-order chi connectivity index (χ1) is 20.1. The molecule has 0 amide bonds. The maximum absolute atomic E-state index is 14.6. The molecule has 2 aromatic carbocycles. The third-order valence-corrected chi connectivity index (χ3v) is 9.30. The van der Waals surface area contributed by atoms with Crippen LogP contribution in [0, 0.1) is 5.41 Å². The molecule has 1 spiro atoms. The van der Waals surface area contributed by atoms with Gasteiger partial charge in [0.15, 0.2) is 9.84 Å². The summed E-state index contributed by atoms with van der Waals surface area (Å²) in [7, 11) is -3.52. The number of alkyl halides is 3. The minimum absolute atomic E-state index is 0.0157. The summed E-state index contributed by atoms with van der Waals surface area (Å²) in [6.45, 7) is 1.57. The van der Waals surface area contributed by atoms with Crippen molar-refractivity contribution in [1.82, 2.24) is 15.3 Å². The van der Waals surface area contributed by atoms with Gasteiger partial charge in [-0.05, 0) is 60.1 Å². The van der Waals surface area contributed by atoms with Gasteiger partial charge in [0.25, 0.3) is 0 Å². The van der Waals surface area contributed by atoms with E-state index in [2.05, 4.69) is 15.3 Å². The van der Waals surface area contributed by atoms with Crippen LogP contribution < -0.4 is 20.7 Å². The van der Waals surface area contributed by atoms with Gasteiger partial charge in [0, 0.05) is 42.5 Å². The van der Waals surface area contributed by atoms with Gasteiger partial charge in [-0.2, -0.15) is 23.1 Å². The monoisotopic (exact) mass is 639 g/mol. The second-order valence-electron chi connectivity index (χ2n) is 11.0. The molecule has 1 aromatic heterocycles. The zero-order chi connectivity index (χ0) is 31.2. The number of sulfone groups is 1. The fourth-order valence-corrected chi connectivity index (χ4v) is 6.45. The fourth-order valence-electron chi connectivity index (χ4n) is 5.65. The Balaban J connectivity index is 1.42. The number of aliphatic carboxylic acids is 1. The van der Waals surface area contributed by atoms with Crippen molar-refractivity contribution >= 4 is 39.2 Å². The van der Waals surface area contributed by atoms with Gasteiger partial charge in [0.1, 0.15) is 11.9 Å². The second kappa shape index (κ2) is 11.5. The Morgan fingerprint density at radius 2 is 1.84 bits per heavy atom. The van der Waals surface area contributed by atoms with Crippen molar-refractivity contribution in [2.75, 3.05) is 36.5 Å². The zero-order valence-electron chi connectivity index (χ0n) is 22.9. The predicted octanol–water partition coefficient (Wildman–Crippen LogP) is 4.50. The van der Waals surface area contributed by atoms with Gasteiger partial charge in [-0.15, -0.1) is 0 Å². The largest absolute Gasteiger partial charge is 0.480 e. The molecule has 0 aliphatic carbocycles. The molecule has 0 saturated carbocycles. The number of hydrogen-bond acceptors (Lipinski definition) is 9. The molecule has 3 aromatic rings. The summed E-state index contributed by atoms with van der Waals surface area (Å²) in [5.74, 6) is -1.24. The van der Waals surface area contributed by atoms with Crippen LogP contribution in [0.4, 0.5) is 24.9 Å². The van der Waals surface area contributed by atoms with Crippen molar-refractivity contribution in [1.29, 1.82) is 0 Å². The number of hydrogen-bond donors (Lipinski definition) is 3. The van der Waals surface area contributed by atoms with Gasteiger partial charge in [-0.25, -0.2) is 8.42 Å². The molecule has 2 fully saturated rings. The standard InChI is InChI=1S/C28H29ClF3N5O5S/c1-43(40,41)18-5-2-16(3-6-18)20-12-17(29)4-7-19(20)24(28(30,31)32)42-23-13-22(35-26(33)36-23)37-10-8-27(9-11-37)14-21(25(38)39)34-15-27/h2-7,12-13,21,24,34H,8-11,14-15H2,1H3,(H,38,39)(H2,33,35,36)/t21-,24+/m0/s1. The summed E-state index contributed by atoms with van der Waals surface area (Å²) in [5.41, 5.74) is 5.86. The summed E-state index contributed by atoms with van der Waals surface area (Å²) >= 11 is 6.15. The van der Waals surface area contributed by atoms with E-state index in [1.807, 2.05) is 4.90 Å². The Kier molecular flexibility index (Phi) is 8.22. The van der Waals surface area contributed by atoms with E-state index in [1.54, 1.807) is 0 Å². The summed E-state index contributed by atoms with van der Waals surface area (Å²) < 4.78 is 72.9. The lowest BCUT2D eigenvalue weighted by atomic mass is 9.76. The van der Waals surface area contributed by atoms with Crippen LogP contribution >= 0.6 is 11.6 Å². The molecule has 2 aliphatic rings. The molecular weight excluding hydrogens is 611 g/mol. The number of piperidine rings is 1. The molecule has 4 N–H and O–H groups in total. The lowest BCUT2D eigenvalue weighted by Gasteiger charge is -2.39. The quantitative estimate of drug-likeness (QED) is 0.338. The van der Waals surface area contributed by atoms with Crippen LogP contribution in [0.3, 0.4) is 0 Å². The van der Waals surface area contributed by atoms with E-state index in [0.717, 1.165) is 6.26 Å². The molecule has 0 radical (unpaired) electrons. The maximum atomic E-state index is 14.6. The van der Waals surface area contributed by atoms with Crippen LogP contribution in [0.25, 0.3) is 11.1 Å². The van der Waals surface area contributed by atoms with Gasteiger partial charge in [0.2, 0.25) is 17.9 Å². The van der Waals surface area contributed by atoms with Crippen molar-refractivity contribution in [2.45, 2.75) is 42.5 Å². The van der Waals surface area contributed by atoms with E-state index >= 15 is 0 Å². The third-order valence-electron chi connectivity index (χ3n) is 7.94. The second-order valence-corrected chi connectivity index (χ2v) is 13.4. The van der Waals surface area contributed by atoms with E-state index in [4.69, 9.17) is 22.1 Å². The van der Waals surface area contributed by atoms with Crippen LogP contribution in [0.1, 0.15) is 30.9 Å². The fraction of sp³-hybridized carbons (Fsp3) is 0.393. The Morgan fingerprint density at radius 1 is 1.16 bits per heavy atom. The number of ether oxygens (including phenoxy) is 1. The summed E-state index contributed by atoms with van der Waals surface area (Å²) in [4.78, 5) is 21.4. The van der Waals surface area contributed by atoms with Gasteiger partial charge in [-0.1, -0.05) is 29.8 Å². The minimum Gasteiger partial charge on any atom is -0.480 e. The number of nitrogen functional groups attached to an aromatic ring is 1. The first-order valence-electron chi connectivity index (χ1n) is 13.3. The van der Waals surface area contributed by atoms with Gasteiger partial charge < -0.3 is 25.8 Å². The summed E-state index contributed by atoms with van der Waals surface area (Å²) in [5, 5.41) is 12.6. The van der Waals surface area contributed by atoms with Crippen molar-refractivity contribution < 1.29 is 36.2 Å². The Bertz CT molecular complexity index is 1630. The van der Waals surface area contributed by atoms with E-state index in [-0.39, 0.29) is 38.3 Å². The number of rotatable bonds is 7. The highest BCUT2D eigenvalue weighted by atomic mass is 35.5. The lowest BCUT2D eigenvalue weighted by molar-refractivity contribution is -0.198. The highest BCUT2D eigenvalue weighted by molar-refractivity contribution is 7.90. The number of halogens is 4. The molecule has 0 bridgehead atoms. The van der Waals surface area contributed by atoms with E-state index in [0.29, 0.717) is 50.3 Å². The molecule has 2 aliphatic heterocycles. The minimum atomic E-state index is -4.89. The van der Waals surface area contributed by atoms with Gasteiger partial charge in [0.05, 0.1) is 4.90 Å². The number of carbonyl (C=O) groups is 1. The number of benzene rings is 2. The number of carboxylic acid groups (broad SMARTS) is 1. The normalized spacial score (nSPS) is 19.4. The number of anilines is 2. The van der Waals surface area contributed by atoms with E-state index < -0.39 is 34.1 Å². The van der Waals surface area contributed by atoms with Crippen molar-refractivity contribution in [3.8, 4) is 17.0 Å². The van der Waals surface area contributed by atoms with Gasteiger partial charge in [-0.3, -0.25) is 4.79 Å². The summed E-state index contributed by atoms with van der Waals surface area (Å²) in [6, 6.07) is 9.99. The number of carboxylic acids is 1. The third kappa shape index (κ3) is 6.81. The highest BCUT2D eigenvalue weighted by Gasteiger charge is 2.46. The molecule has 2 saturated heterocycles. The molecule has 0 unspecified atom stereocenters. The number of nitrogens with one attached hydrogen (secondary N) is 1. The zero-order valence-corrected chi connectivity index (χ0v) is 24.5. The lowest BCUT2D eigenvalue weighted by Crippen LogP contribution is -2.41. The molecule has 15 heteroatoms. The van der Waals surface area contributed by atoms with Gasteiger partial charge >= 0.3 is 12.1 Å². The van der Waals surface area contributed by atoms with Crippen LogP contribution in [-0.4, -0.2) is 67.6 Å². The van der Waals surface area contributed by atoms with Crippen molar-refractivity contribution in [3.63, 3.8) is 0 Å². The Hall–Kier alpha value is -3.62. The molecule has 3 heterocycles.